The van der Waals surface area contributed by atoms with Crippen molar-refractivity contribution in [1.82, 2.24) is 24.1 Å². The summed E-state index contributed by atoms with van der Waals surface area (Å²) < 4.78 is 30.6. The Bertz CT molecular complexity index is 1170. The molecule has 4 rings (SSSR count). The van der Waals surface area contributed by atoms with Crippen molar-refractivity contribution < 1.29 is 8.42 Å². The van der Waals surface area contributed by atoms with Crippen molar-refractivity contribution in [3.8, 4) is 11.1 Å². The lowest BCUT2D eigenvalue weighted by Gasteiger charge is -2.26. The fourth-order valence-corrected chi connectivity index (χ4v) is 5.87. The van der Waals surface area contributed by atoms with E-state index in [1.807, 2.05) is 56.3 Å². The largest absolute Gasteiger partial charge is 0.347 e. The van der Waals surface area contributed by atoms with Crippen molar-refractivity contribution in [1.29, 1.82) is 0 Å². The molecule has 31 heavy (non-hydrogen) atoms. The van der Waals surface area contributed by atoms with E-state index in [1.165, 1.54) is 0 Å². The molecule has 9 heteroatoms. The third-order valence-electron chi connectivity index (χ3n) is 5.62. The molecule has 3 aromatic rings. The summed E-state index contributed by atoms with van der Waals surface area (Å²) in [6.45, 7) is 4.76. The van der Waals surface area contributed by atoms with Crippen LogP contribution in [0.1, 0.15) is 37.2 Å². The van der Waals surface area contributed by atoms with Gasteiger partial charge in [0, 0.05) is 45.1 Å². The van der Waals surface area contributed by atoms with Crippen LogP contribution in [0.3, 0.4) is 0 Å². The number of hydrogen-bond acceptors (Lipinski definition) is 6. The van der Waals surface area contributed by atoms with Crippen LogP contribution >= 0.6 is 0 Å². The van der Waals surface area contributed by atoms with Crippen LogP contribution in [0.25, 0.3) is 11.1 Å². The van der Waals surface area contributed by atoms with Gasteiger partial charge in [-0.25, -0.2) is 18.4 Å². The summed E-state index contributed by atoms with van der Waals surface area (Å²) in [6.07, 6.45) is 4.92. The second kappa shape index (κ2) is 8.39. The highest BCUT2D eigenvalue weighted by Gasteiger charge is 2.40. The first-order valence-corrected chi connectivity index (χ1v) is 11.9. The second-order valence-electron chi connectivity index (χ2n) is 7.94. The summed E-state index contributed by atoms with van der Waals surface area (Å²) in [7, 11) is 0.0518. The minimum absolute atomic E-state index is 0.268. The highest BCUT2D eigenvalue weighted by atomic mass is 32.2. The minimum atomic E-state index is -3.71. The third-order valence-corrected chi connectivity index (χ3v) is 7.63. The summed E-state index contributed by atoms with van der Waals surface area (Å²) in [4.78, 5) is 11.4. The number of aryl methyl sites for hydroxylation is 2. The zero-order valence-corrected chi connectivity index (χ0v) is 19.2. The minimum Gasteiger partial charge on any atom is -0.347 e. The molecule has 0 radical (unpaired) electrons. The maximum Gasteiger partial charge on any atom is 0.247 e. The van der Waals surface area contributed by atoms with Crippen molar-refractivity contribution in [2.75, 3.05) is 25.5 Å². The highest BCUT2D eigenvalue weighted by Crippen LogP contribution is 2.40. The van der Waals surface area contributed by atoms with Gasteiger partial charge in [0.25, 0.3) is 0 Å². The van der Waals surface area contributed by atoms with E-state index in [0.717, 1.165) is 23.2 Å². The van der Waals surface area contributed by atoms with Crippen LogP contribution in [0.15, 0.2) is 47.6 Å². The van der Waals surface area contributed by atoms with Gasteiger partial charge in [0.05, 0.1) is 17.4 Å². The molecule has 1 fully saturated rings. The molecule has 0 aliphatic carbocycles. The molecule has 0 amide bonds. The molecule has 0 bridgehead atoms. The predicted octanol–water partition coefficient (Wildman–Crippen LogP) is 3.26. The molecule has 3 heterocycles. The first kappa shape index (κ1) is 21.5. The summed E-state index contributed by atoms with van der Waals surface area (Å²) in [5.74, 6) is 0.564. The number of nitrogens with zero attached hydrogens (tertiary/aromatic N) is 6. The maximum atomic E-state index is 13.7. The zero-order chi connectivity index (χ0) is 22.2. The van der Waals surface area contributed by atoms with Crippen LogP contribution in [0.4, 0.5) is 5.95 Å². The quantitative estimate of drug-likeness (QED) is 0.585. The van der Waals surface area contributed by atoms with E-state index < -0.39 is 10.0 Å². The van der Waals surface area contributed by atoms with Crippen molar-refractivity contribution in [2.45, 2.75) is 44.2 Å². The molecular formula is C22H28N6O2S. The Morgan fingerprint density at radius 3 is 2.58 bits per heavy atom. The molecule has 0 spiro atoms. The van der Waals surface area contributed by atoms with Crippen LogP contribution in [0.5, 0.6) is 0 Å². The molecule has 164 valence electrons. The van der Waals surface area contributed by atoms with Gasteiger partial charge in [0.15, 0.2) is 0 Å². The van der Waals surface area contributed by atoms with E-state index in [2.05, 4.69) is 10.1 Å². The number of hydrogen-bond donors (Lipinski definition) is 0. The topological polar surface area (TPSA) is 84.2 Å². The van der Waals surface area contributed by atoms with Gasteiger partial charge >= 0.3 is 0 Å². The van der Waals surface area contributed by atoms with Crippen molar-refractivity contribution in [3.05, 3.63) is 54.1 Å². The van der Waals surface area contributed by atoms with E-state index >= 15 is 0 Å². The van der Waals surface area contributed by atoms with Gasteiger partial charge < -0.3 is 4.90 Å². The Balaban J connectivity index is 1.83. The molecule has 1 aliphatic heterocycles. The molecule has 0 saturated carbocycles. The van der Waals surface area contributed by atoms with Gasteiger partial charge in [-0.2, -0.15) is 9.40 Å². The molecule has 1 aliphatic rings. The van der Waals surface area contributed by atoms with Crippen molar-refractivity contribution >= 4 is 16.0 Å². The van der Waals surface area contributed by atoms with Crippen molar-refractivity contribution in [3.63, 3.8) is 0 Å². The van der Waals surface area contributed by atoms with Crippen LogP contribution in [-0.4, -0.2) is 53.1 Å². The predicted molar refractivity (Wildman–Crippen MR) is 120 cm³/mol. The Hall–Kier alpha value is -2.78. The van der Waals surface area contributed by atoms with E-state index in [9.17, 15) is 8.42 Å². The zero-order valence-electron chi connectivity index (χ0n) is 18.4. The lowest BCUT2D eigenvalue weighted by molar-refractivity contribution is 0.390. The Morgan fingerprint density at radius 1 is 1.19 bits per heavy atom. The van der Waals surface area contributed by atoms with Crippen molar-refractivity contribution in [2.24, 2.45) is 0 Å². The highest BCUT2D eigenvalue weighted by molar-refractivity contribution is 7.89. The standard InChI is InChI=1S/C22H28N6O2S/c1-5-27-15-20(16(2)25-27)31(29,30)28-13-9-12-19(28)21-18(17-10-7-6-8-11-17)14-23-22(24-21)26(3)4/h6-8,10-11,14-15,19H,5,9,12-13H2,1-4H3. The number of aromatic nitrogens is 4. The Morgan fingerprint density at radius 2 is 1.94 bits per heavy atom. The number of sulfonamides is 1. The van der Waals surface area contributed by atoms with Crippen LogP contribution in [0, 0.1) is 6.92 Å². The molecule has 1 saturated heterocycles. The molecule has 8 nitrogen and oxygen atoms in total. The van der Waals surface area contributed by atoms with Crippen LogP contribution < -0.4 is 4.90 Å². The summed E-state index contributed by atoms with van der Waals surface area (Å²) in [5, 5.41) is 4.35. The molecule has 1 aromatic carbocycles. The van der Waals surface area contributed by atoms with Gasteiger partial charge in [-0.1, -0.05) is 30.3 Å². The third kappa shape index (κ3) is 3.95. The van der Waals surface area contributed by atoms with Crippen LogP contribution in [0.2, 0.25) is 0 Å². The number of benzene rings is 1. The van der Waals surface area contributed by atoms with Gasteiger partial charge in [-0.05, 0) is 32.3 Å². The fraction of sp³-hybridized carbons (Fsp3) is 0.409. The number of anilines is 1. The summed E-state index contributed by atoms with van der Waals surface area (Å²) >= 11 is 0. The van der Waals surface area contributed by atoms with Gasteiger partial charge in [0.1, 0.15) is 4.90 Å². The normalized spacial score (nSPS) is 17.2. The van der Waals surface area contributed by atoms with Gasteiger partial charge in [-0.15, -0.1) is 0 Å². The molecule has 1 atom stereocenters. The molecule has 0 N–H and O–H groups in total. The van der Waals surface area contributed by atoms with E-state index in [0.29, 0.717) is 31.2 Å². The average Bonchev–Trinajstić information content (AvgIpc) is 3.41. The van der Waals surface area contributed by atoms with E-state index in [4.69, 9.17) is 4.98 Å². The number of rotatable bonds is 6. The SMILES string of the molecule is CCn1cc(S(=O)(=O)N2CCCC2c2nc(N(C)C)ncc2-c2ccccc2)c(C)n1. The average molecular weight is 441 g/mol. The van der Waals surface area contributed by atoms with Gasteiger partial charge in [-0.3, -0.25) is 4.68 Å². The molecular weight excluding hydrogens is 412 g/mol. The monoisotopic (exact) mass is 440 g/mol. The molecule has 1 unspecified atom stereocenters. The van der Waals surface area contributed by atoms with E-state index in [-0.39, 0.29) is 10.9 Å². The molecule has 2 aromatic heterocycles. The Kier molecular flexibility index (Phi) is 5.81. The fourth-order valence-electron chi connectivity index (χ4n) is 4.04. The Labute approximate surface area is 183 Å². The summed E-state index contributed by atoms with van der Waals surface area (Å²) in [5.41, 5.74) is 3.10. The maximum absolute atomic E-state index is 13.7. The second-order valence-corrected chi connectivity index (χ2v) is 9.80. The first-order chi connectivity index (χ1) is 14.8. The lowest BCUT2D eigenvalue weighted by Crippen LogP contribution is -2.32. The first-order valence-electron chi connectivity index (χ1n) is 10.5. The van der Waals surface area contributed by atoms with Gasteiger partial charge in [0.2, 0.25) is 16.0 Å². The summed E-state index contributed by atoms with van der Waals surface area (Å²) in [6, 6.07) is 9.53. The lowest BCUT2D eigenvalue weighted by atomic mass is 10.0. The van der Waals surface area contributed by atoms with E-state index in [1.54, 1.807) is 28.3 Å². The smallest absolute Gasteiger partial charge is 0.247 e. The van der Waals surface area contributed by atoms with Crippen LogP contribution in [-0.2, 0) is 16.6 Å².